The number of esters is 1. The fraction of sp³-hybridized carbons (Fsp3) is 0.778. The molecule has 1 aliphatic rings. The van der Waals surface area contributed by atoms with Crippen molar-refractivity contribution >= 4 is 24.0 Å². The second-order valence-electron chi connectivity index (χ2n) is 7.85. The molecule has 5 N–H and O–H groups in total. The Morgan fingerprint density at radius 2 is 1.66 bits per heavy atom. The number of rotatable bonds is 7. The van der Waals surface area contributed by atoms with Crippen LogP contribution in [0.3, 0.4) is 0 Å². The smallest absolute Gasteiger partial charge is 0.407 e. The van der Waals surface area contributed by atoms with Crippen LogP contribution in [0.1, 0.15) is 47.0 Å². The van der Waals surface area contributed by atoms with Crippen LogP contribution in [0.15, 0.2) is 5.11 Å². The molecule has 14 nitrogen and oxygen atoms in total. The Balaban J connectivity index is 0.000000809. The first-order chi connectivity index (χ1) is 14.7. The lowest BCUT2D eigenvalue weighted by Gasteiger charge is -2.33. The summed E-state index contributed by atoms with van der Waals surface area (Å²) in [6.07, 6.45) is -3.64. The van der Waals surface area contributed by atoms with E-state index in [0.29, 0.717) is 25.9 Å². The predicted molar refractivity (Wildman–Crippen MR) is 107 cm³/mol. The molecule has 5 unspecified atom stereocenters. The number of alkyl carbamates (subject to hydrolysis) is 1. The highest BCUT2D eigenvalue weighted by molar-refractivity contribution is 5.83. The molecule has 0 aromatic carbocycles. The van der Waals surface area contributed by atoms with Crippen molar-refractivity contribution in [2.24, 2.45) is 11.0 Å². The van der Waals surface area contributed by atoms with Crippen molar-refractivity contribution in [1.29, 1.82) is 0 Å². The monoisotopic (exact) mass is 462 g/mol. The summed E-state index contributed by atoms with van der Waals surface area (Å²) in [5.74, 6) is -4.12. The summed E-state index contributed by atoms with van der Waals surface area (Å²) < 4.78 is 10.2. The summed E-state index contributed by atoms with van der Waals surface area (Å²) in [5, 5.41) is 38.9. The molecule has 0 spiro atoms. The van der Waals surface area contributed by atoms with Crippen molar-refractivity contribution in [2.45, 2.75) is 76.9 Å². The van der Waals surface area contributed by atoms with Crippen LogP contribution in [-0.2, 0) is 23.9 Å². The maximum absolute atomic E-state index is 11.9. The fourth-order valence-electron chi connectivity index (χ4n) is 2.72. The average Bonchev–Trinajstić information content (AvgIpc) is 2.67. The van der Waals surface area contributed by atoms with E-state index in [0.717, 1.165) is 0 Å². The van der Waals surface area contributed by atoms with Gasteiger partial charge in [-0.1, -0.05) is 5.11 Å². The van der Waals surface area contributed by atoms with Gasteiger partial charge in [-0.2, -0.15) is 0 Å². The lowest BCUT2D eigenvalue weighted by molar-refractivity contribution is -0.165. The van der Waals surface area contributed by atoms with E-state index in [2.05, 4.69) is 15.3 Å². The first kappa shape index (κ1) is 28.9. The second-order valence-corrected chi connectivity index (χ2v) is 7.85. The largest absolute Gasteiger partial charge is 0.479 e. The minimum Gasteiger partial charge on any atom is -0.479 e. The number of carboxylic acid groups (broad SMARTS) is 2. The number of nitrogens with zero attached hydrogens (tertiary/aromatic N) is 3. The lowest BCUT2D eigenvalue weighted by atomic mass is 9.82. The number of amides is 1. The van der Waals surface area contributed by atoms with Gasteiger partial charge >= 0.3 is 24.0 Å². The molecule has 32 heavy (non-hydrogen) atoms. The molecule has 0 bridgehead atoms. The van der Waals surface area contributed by atoms with Crippen LogP contribution in [0, 0.1) is 5.92 Å². The molecule has 182 valence electrons. The quantitative estimate of drug-likeness (QED) is 0.154. The van der Waals surface area contributed by atoms with Crippen molar-refractivity contribution in [3.8, 4) is 0 Å². The number of aliphatic carboxylic acids is 2. The van der Waals surface area contributed by atoms with Crippen molar-refractivity contribution in [3.05, 3.63) is 10.4 Å². The van der Waals surface area contributed by atoms with Gasteiger partial charge in [-0.05, 0) is 52.5 Å². The third-order valence-corrected chi connectivity index (χ3v) is 4.14. The normalized spacial score (nSPS) is 22.0. The van der Waals surface area contributed by atoms with E-state index in [9.17, 15) is 19.2 Å². The highest BCUT2D eigenvalue weighted by Gasteiger charge is 2.36. The van der Waals surface area contributed by atoms with E-state index in [1.165, 1.54) is 0 Å². The van der Waals surface area contributed by atoms with Crippen LogP contribution in [-0.4, -0.2) is 80.9 Å². The maximum atomic E-state index is 11.9. The molecule has 0 heterocycles. The van der Waals surface area contributed by atoms with Crippen molar-refractivity contribution in [3.63, 3.8) is 0 Å². The number of azide groups is 1. The standard InChI is InChI=1S/C14H24N4O4.C4H6O6/c1-5-21-12(19)9-6-7-10(17-18-15)11(8-9)16-13(20)22-14(2,3)4;5-1(3(7)8)2(6)4(9)10/h9-11H,5-8H2,1-4H3,(H,16,20);1-2,5-6H,(H,7,8)(H,9,10). The highest BCUT2D eigenvalue weighted by Crippen LogP contribution is 2.28. The molecule has 0 radical (unpaired) electrons. The van der Waals surface area contributed by atoms with Crippen LogP contribution >= 0.6 is 0 Å². The van der Waals surface area contributed by atoms with E-state index < -0.39 is 41.9 Å². The Labute approximate surface area is 184 Å². The van der Waals surface area contributed by atoms with Gasteiger partial charge in [-0.3, -0.25) is 4.79 Å². The Kier molecular flexibility index (Phi) is 12.1. The first-order valence-electron chi connectivity index (χ1n) is 9.75. The van der Waals surface area contributed by atoms with Crippen molar-refractivity contribution < 1.29 is 49.1 Å². The van der Waals surface area contributed by atoms with E-state index in [1.807, 2.05) is 0 Å². The zero-order chi connectivity index (χ0) is 25.1. The van der Waals surface area contributed by atoms with Crippen LogP contribution in [0.2, 0.25) is 0 Å². The number of carboxylic acids is 2. The molecule has 0 aromatic heterocycles. The van der Waals surface area contributed by atoms with Gasteiger partial charge in [0.25, 0.3) is 0 Å². The number of ether oxygens (including phenoxy) is 2. The van der Waals surface area contributed by atoms with Gasteiger partial charge in [0.05, 0.1) is 18.6 Å². The zero-order valence-electron chi connectivity index (χ0n) is 18.3. The Morgan fingerprint density at radius 1 is 1.12 bits per heavy atom. The molecule has 0 aliphatic heterocycles. The summed E-state index contributed by atoms with van der Waals surface area (Å²) >= 11 is 0. The van der Waals surface area contributed by atoms with Crippen LogP contribution in [0.5, 0.6) is 0 Å². The molecule has 1 fully saturated rings. The summed E-state index contributed by atoms with van der Waals surface area (Å²) in [6.45, 7) is 7.36. The molecule has 1 amide bonds. The summed E-state index contributed by atoms with van der Waals surface area (Å²) in [6, 6.07) is -0.822. The van der Waals surface area contributed by atoms with Crippen molar-refractivity contribution in [2.75, 3.05) is 6.61 Å². The van der Waals surface area contributed by atoms with Crippen LogP contribution in [0.4, 0.5) is 4.79 Å². The number of carbonyl (C=O) groups is 4. The predicted octanol–water partition coefficient (Wildman–Crippen LogP) is 0.799. The molecule has 14 heteroatoms. The van der Waals surface area contributed by atoms with Crippen molar-refractivity contribution in [1.82, 2.24) is 5.32 Å². The first-order valence-corrected chi connectivity index (χ1v) is 9.75. The molecular formula is C18H30N4O10. The summed E-state index contributed by atoms with van der Waals surface area (Å²) in [4.78, 5) is 46.1. The topological polar surface area (TPSA) is 228 Å². The Morgan fingerprint density at radius 3 is 2.06 bits per heavy atom. The van der Waals surface area contributed by atoms with Gasteiger partial charge in [-0.15, -0.1) is 0 Å². The highest BCUT2D eigenvalue weighted by atomic mass is 16.6. The van der Waals surface area contributed by atoms with Gasteiger partial charge in [0.15, 0.2) is 12.2 Å². The molecule has 1 rings (SSSR count). The summed E-state index contributed by atoms with van der Waals surface area (Å²) in [5.41, 5.74) is 8.02. The SMILES string of the molecule is CCOC(=O)C1CCC(N=[N+]=[N-])C(NC(=O)OC(C)(C)C)C1.O=C(O)C(O)C(O)C(=O)O. The van der Waals surface area contributed by atoms with Gasteiger partial charge < -0.3 is 35.2 Å². The fourth-order valence-corrected chi connectivity index (χ4v) is 2.72. The Hall–Kier alpha value is -3.09. The molecule has 1 aliphatic carbocycles. The number of hydrogen-bond donors (Lipinski definition) is 5. The number of aliphatic hydroxyl groups is 2. The number of aliphatic hydroxyl groups excluding tert-OH is 2. The lowest BCUT2D eigenvalue weighted by Crippen LogP contribution is -2.49. The van der Waals surface area contributed by atoms with Crippen LogP contribution in [0.25, 0.3) is 10.4 Å². The molecule has 1 saturated carbocycles. The Bertz CT molecular complexity index is 699. The minimum absolute atomic E-state index is 0.280. The van der Waals surface area contributed by atoms with E-state index >= 15 is 0 Å². The minimum atomic E-state index is -2.27. The zero-order valence-corrected chi connectivity index (χ0v) is 18.3. The molecular weight excluding hydrogens is 432 g/mol. The number of hydrogen-bond acceptors (Lipinski definition) is 9. The van der Waals surface area contributed by atoms with E-state index in [4.69, 9.17) is 35.4 Å². The van der Waals surface area contributed by atoms with Gasteiger partial charge in [0.2, 0.25) is 0 Å². The van der Waals surface area contributed by atoms with Gasteiger partial charge in [-0.25, -0.2) is 14.4 Å². The maximum Gasteiger partial charge on any atom is 0.407 e. The molecule has 0 aromatic rings. The van der Waals surface area contributed by atoms with Crippen LogP contribution < -0.4 is 5.32 Å². The average molecular weight is 462 g/mol. The van der Waals surface area contributed by atoms with E-state index in [-0.39, 0.29) is 17.9 Å². The molecule has 5 atom stereocenters. The number of carbonyl (C=O) groups excluding carboxylic acids is 2. The summed E-state index contributed by atoms with van der Waals surface area (Å²) in [7, 11) is 0. The third-order valence-electron chi connectivity index (χ3n) is 4.14. The second kappa shape index (κ2) is 13.3. The molecule has 0 saturated heterocycles. The van der Waals surface area contributed by atoms with E-state index in [1.54, 1.807) is 27.7 Å². The van der Waals surface area contributed by atoms with Gasteiger partial charge in [0, 0.05) is 11.0 Å². The van der Waals surface area contributed by atoms with Gasteiger partial charge in [0.1, 0.15) is 5.60 Å². The number of nitrogens with one attached hydrogen (secondary N) is 1. The third kappa shape index (κ3) is 10.8.